The minimum absolute atomic E-state index is 0.104. The van der Waals surface area contributed by atoms with Crippen LogP contribution in [0.5, 0.6) is 0 Å². The van der Waals surface area contributed by atoms with Gasteiger partial charge in [-0.1, -0.05) is 6.92 Å². The van der Waals surface area contributed by atoms with Crippen LogP contribution in [0, 0.1) is 5.82 Å². The molecule has 102 valence electrons. The Hall–Kier alpha value is -1.98. The van der Waals surface area contributed by atoms with Crippen molar-refractivity contribution in [2.75, 3.05) is 5.32 Å². The number of pyridine rings is 1. The molecular weight excluding hydrogens is 249 g/mol. The second kappa shape index (κ2) is 5.34. The van der Waals surface area contributed by atoms with Gasteiger partial charge in [-0.3, -0.25) is 14.5 Å². The van der Waals surface area contributed by atoms with Crippen molar-refractivity contribution >= 4 is 17.6 Å². The highest BCUT2D eigenvalue weighted by Gasteiger charge is 2.40. The van der Waals surface area contributed by atoms with Gasteiger partial charge in [-0.05, 0) is 25.5 Å². The molecule has 0 aliphatic carbocycles. The van der Waals surface area contributed by atoms with Crippen LogP contribution in [-0.2, 0) is 9.59 Å². The number of carbonyl (C=O) groups excluding carboxylic acids is 2. The fourth-order valence-corrected chi connectivity index (χ4v) is 2.05. The van der Waals surface area contributed by atoms with Gasteiger partial charge in [0.05, 0.1) is 12.6 Å². The van der Waals surface area contributed by atoms with Gasteiger partial charge in [0.2, 0.25) is 5.91 Å². The van der Waals surface area contributed by atoms with Gasteiger partial charge in [-0.2, -0.15) is 0 Å². The molecule has 0 spiro atoms. The summed E-state index contributed by atoms with van der Waals surface area (Å²) < 4.78 is 12.7. The molecule has 1 aliphatic rings. The van der Waals surface area contributed by atoms with E-state index in [9.17, 15) is 14.0 Å². The molecule has 1 aromatic rings. The van der Waals surface area contributed by atoms with Gasteiger partial charge >= 0.3 is 0 Å². The molecule has 1 aliphatic heterocycles. The number of likely N-dealkylation sites (tertiary alicyclic amines) is 1. The lowest BCUT2D eigenvalue weighted by molar-refractivity contribution is -0.140. The molecule has 0 radical (unpaired) electrons. The first-order valence-electron chi connectivity index (χ1n) is 6.27. The van der Waals surface area contributed by atoms with E-state index < -0.39 is 11.9 Å². The molecular formula is C13H16FN3O2. The van der Waals surface area contributed by atoms with E-state index in [0.29, 0.717) is 5.82 Å². The highest BCUT2D eigenvalue weighted by molar-refractivity contribution is 6.07. The van der Waals surface area contributed by atoms with Gasteiger partial charge in [-0.25, -0.2) is 9.37 Å². The first kappa shape index (κ1) is 13.5. The fourth-order valence-electron chi connectivity index (χ4n) is 2.05. The number of imide groups is 1. The number of carbonyl (C=O) groups is 2. The molecule has 1 saturated heterocycles. The topological polar surface area (TPSA) is 62.3 Å². The van der Waals surface area contributed by atoms with Crippen LogP contribution >= 0.6 is 0 Å². The summed E-state index contributed by atoms with van der Waals surface area (Å²) in [5.74, 6) is -0.483. The number of rotatable bonds is 4. The van der Waals surface area contributed by atoms with Crippen LogP contribution in [0.3, 0.4) is 0 Å². The number of halogens is 1. The Morgan fingerprint density at radius 1 is 1.53 bits per heavy atom. The van der Waals surface area contributed by atoms with Crippen LogP contribution in [0.25, 0.3) is 0 Å². The van der Waals surface area contributed by atoms with Crippen molar-refractivity contribution in [1.29, 1.82) is 0 Å². The molecule has 1 fully saturated rings. The number of aromatic nitrogens is 1. The van der Waals surface area contributed by atoms with E-state index in [1.165, 1.54) is 17.0 Å². The van der Waals surface area contributed by atoms with Crippen LogP contribution in [0.15, 0.2) is 18.3 Å². The third-order valence-corrected chi connectivity index (χ3v) is 3.26. The van der Waals surface area contributed by atoms with Crippen LogP contribution in [0.2, 0.25) is 0 Å². The minimum Gasteiger partial charge on any atom is -0.358 e. The summed E-state index contributed by atoms with van der Waals surface area (Å²) in [5, 5.41) is 2.87. The molecule has 2 heterocycles. The fraction of sp³-hybridized carbons (Fsp3) is 0.462. The van der Waals surface area contributed by atoms with Crippen molar-refractivity contribution in [2.45, 2.75) is 38.8 Å². The zero-order valence-corrected chi connectivity index (χ0v) is 10.9. The van der Waals surface area contributed by atoms with Gasteiger partial charge < -0.3 is 5.32 Å². The molecule has 5 nitrogen and oxygen atoms in total. The third-order valence-electron chi connectivity index (χ3n) is 3.26. The maximum atomic E-state index is 12.7. The first-order valence-corrected chi connectivity index (χ1v) is 6.27. The van der Waals surface area contributed by atoms with Crippen molar-refractivity contribution < 1.29 is 14.0 Å². The van der Waals surface area contributed by atoms with Crippen molar-refractivity contribution in [3.8, 4) is 0 Å². The molecule has 2 atom stereocenters. The average Bonchev–Trinajstić information content (AvgIpc) is 2.66. The molecule has 0 aromatic carbocycles. The van der Waals surface area contributed by atoms with Crippen LogP contribution in [0.4, 0.5) is 10.2 Å². The van der Waals surface area contributed by atoms with E-state index in [4.69, 9.17) is 0 Å². The van der Waals surface area contributed by atoms with Crippen LogP contribution in [-0.4, -0.2) is 33.8 Å². The molecule has 2 rings (SSSR count). The number of nitrogens with zero attached hydrogens (tertiary/aromatic N) is 2. The number of amides is 2. The molecule has 0 saturated carbocycles. The SMILES string of the molecule is CCC(C)N1C(=O)CC(Nc2ccc(F)cn2)C1=O. The summed E-state index contributed by atoms with van der Waals surface area (Å²) in [4.78, 5) is 29.1. The molecule has 1 aromatic heterocycles. The Morgan fingerprint density at radius 2 is 2.26 bits per heavy atom. The lowest BCUT2D eigenvalue weighted by atomic mass is 10.2. The maximum Gasteiger partial charge on any atom is 0.252 e. The predicted molar refractivity (Wildman–Crippen MR) is 67.8 cm³/mol. The quantitative estimate of drug-likeness (QED) is 0.839. The smallest absolute Gasteiger partial charge is 0.252 e. The zero-order chi connectivity index (χ0) is 14.0. The molecule has 1 N–H and O–H groups in total. The summed E-state index contributed by atoms with van der Waals surface area (Å²) in [6, 6.07) is 1.98. The number of hydrogen-bond donors (Lipinski definition) is 1. The summed E-state index contributed by atoms with van der Waals surface area (Å²) in [7, 11) is 0. The van der Waals surface area contributed by atoms with Crippen molar-refractivity contribution in [3.63, 3.8) is 0 Å². The van der Waals surface area contributed by atoms with Gasteiger partial charge in [0.15, 0.2) is 0 Å². The second-order valence-electron chi connectivity index (χ2n) is 4.62. The van der Waals surface area contributed by atoms with Gasteiger partial charge in [0.25, 0.3) is 5.91 Å². The van der Waals surface area contributed by atoms with E-state index in [-0.39, 0.29) is 24.3 Å². The normalized spacial score (nSPS) is 20.8. The lowest BCUT2D eigenvalue weighted by Gasteiger charge is -2.21. The third kappa shape index (κ3) is 2.72. The van der Waals surface area contributed by atoms with Crippen molar-refractivity contribution in [2.24, 2.45) is 0 Å². The maximum absolute atomic E-state index is 12.7. The number of nitrogens with one attached hydrogen (secondary N) is 1. The lowest BCUT2D eigenvalue weighted by Crippen LogP contribution is -2.40. The summed E-state index contributed by atoms with van der Waals surface area (Å²) in [5.41, 5.74) is 0. The Balaban J connectivity index is 2.09. The molecule has 2 unspecified atom stereocenters. The number of hydrogen-bond acceptors (Lipinski definition) is 4. The van der Waals surface area contributed by atoms with Crippen LogP contribution in [0.1, 0.15) is 26.7 Å². The minimum atomic E-state index is -0.612. The zero-order valence-electron chi connectivity index (χ0n) is 10.9. The van der Waals surface area contributed by atoms with E-state index in [0.717, 1.165) is 12.6 Å². The first-order chi connectivity index (χ1) is 9.02. The average molecular weight is 265 g/mol. The van der Waals surface area contributed by atoms with Crippen molar-refractivity contribution in [3.05, 3.63) is 24.1 Å². The summed E-state index contributed by atoms with van der Waals surface area (Å²) in [6.07, 6.45) is 1.90. The van der Waals surface area contributed by atoms with E-state index in [1.807, 2.05) is 13.8 Å². The van der Waals surface area contributed by atoms with Crippen LogP contribution < -0.4 is 5.32 Å². The van der Waals surface area contributed by atoms with E-state index in [1.54, 1.807) is 0 Å². The largest absolute Gasteiger partial charge is 0.358 e. The highest BCUT2D eigenvalue weighted by atomic mass is 19.1. The Bertz CT molecular complexity index is 489. The van der Waals surface area contributed by atoms with E-state index >= 15 is 0 Å². The second-order valence-corrected chi connectivity index (χ2v) is 4.62. The number of anilines is 1. The summed E-state index contributed by atoms with van der Waals surface area (Å²) >= 11 is 0. The molecule has 6 heteroatoms. The Morgan fingerprint density at radius 3 is 2.84 bits per heavy atom. The van der Waals surface area contributed by atoms with E-state index in [2.05, 4.69) is 10.3 Å². The van der Waals surface area contributed by atoms with Gasteiger partial charge in [-0.15, -0.1) is 0 Å². The summed E-state index contributed by atoms with van der Waals surface area (Å²) in [6.45, 7) is 3.77. The molecule has 2 amide bonds. The Kier molecular flexibility index (Phi) is 3.78. The van der Waals surface area contributed by atoms with Crippen molar-refractivity contribution in [1.82, 2.24) is 9.88 Å². The molecule has 19 heavy (non-hydrogen) atoms. The highest BCUT2D eigenvalue weighted by Crippen LogP contribution is 2.20. The molecule has 0 bridgehead atoms. The van der Waals surface area contributed by atoms with Gasteiger partial charge in [0.1, 0.15) is 17.7 Å². The van der Waals surface area contributed by atoms with Gasteiger partial charge in [0, 0.05) is 6.04 Å². The Labute approximate surface area is 110 Å². The predicted octanol–water partition coefficient (Wildman–Crippen LogP) is 1.56. The monoisotopic (exact) mass is 265 g/mol. The standard InChI is InChI=1S/C13H16FN3O2/c1-3-8(2)17-12(18)6-10(13(17)19)16-11-5-4-9(14)7-15-11/h4-5,7-8,10H,3,6H2,1-2H3,(H,15,16).